The molecule has 0 aromatic carbocycles. The summed E-state index contributed by atoms with van der Waals surface area (Å²) in [5.74, 6) is -1.02. The van der Waals surface area contributed by atoms with Crippen LogP contribution in [0.3, 0.4) is 0 Å². The summed E-state index contributed by atoms with van der Waals surface area (Å²) in [6.07, 6.45) is 21.3. The topological polar surface area (TPSA) is 201 Å². The number of hydrogen-bond donors (Lipinski definition) is 3. The SMILES string of the molecule is Brc1nccn2cccc12.CCOC(Cn1cccc1)OCC.CCOC(Cn1cccc1C(=O)C(Cl)(Cl)Cl)OCC.CCOC(Cn1cccc1C(N)=O)OCC.O=c1[nH]ccn2cccc12.c1cc[nH]c1. The van der Waals surface area contributed by atoms with Gasteiger partial charge in [-0.2, -0.15) is 0 Å². The molecule has 0 unspecified atom stereocenters. The Morgan fingerprint density at radius 2 is 1.04 bits per heavy atom. The molecule has 0 aliphatic carbocycles. The number of aromatic nitrogens is 8. The number of carbonyl (C=O) groups excluding carboxylic acids is 2. The molecule has 0 aliphatic heterocycles. The summed E-state index contributed by atoms with van der Waals surface area (Å²) < 4.78 is 40.6. The normalized spacial score (nSPS) is 10.9. The van der Waals surface area contributed by atoms with Crippen LogP contribution in [-0.2, 0) is 48.1 Å². The van der Waals surface area contributed by atoms with Gasteiger partial charge < -0.3 is 66.6 Å². The monoisotopic (exact) mass is 1130 g/mol. The van der Waals surface area contributed by atoms with Crippen molar-refractivity contribution in [2.75, 3.05) is 39.6 Å². The van der Waals surface area contributed by atoms with Crippen LogP contribution in [0, 0.1) is 0 Å². The molecule has 73 heavy (non-hydrogen) atoms. The largest absolute Gasteiger partial charge is 0.368 e. The summed E-state index contributed by atoms with van der Waals surface area (Å²) in [5.41, 5.74) is 7.75. The Kier molecular flexibility index (Phi) is 29.5. The molecule has 1 amide bonds. The third kappa shape index (κ3) is 22.7. The van der Waals surface area contributed by atoms with Gasteiger partial charge in [-0.1, -0.05) is 34.8 Å². The molecule has 18 nitrogen and oxygen atoms in total. The van der Waals surface area contributed by atoms with Crippen LogP contribution >= 0.6 is 50.7 Å². The summed E-state index contributed by atoms with van der Waals surface area (Å²) >= 11 is 20.2. The number of ketones is 1. The predicted octanol–water partition coefficient (Wildman–Crippen LogP) is 10.1. The van der Waals surface area contributed by atoms with Crippen molar-refractivity contribution in [2.24, 2.45) is 5.73 Å². The van der Waals surface area contributed by atoms with Crippen LogP contribution in [0.1, 0.15) is 62.5 Å². The molecule has 0 radical (unpaired) electrons. The van der Waals surface area contributed by atoms with E-state index in [1.54, 1.807) is 74.9 Å². The van der Waals surface area contributed by atoms with E-state index in [9.17, 15) is 14.4 Å². The van der Waals surface area contributed by atoms with Crippen molar-refractivity contribution < 1.29 is 38.0 Å². The van der Waals surface area contributed by atoms with E-state index < -0.39 is 21.8 Å². The molecule has 0 saturated carbocycles. The van der Waals surface area contributed by atoms with Crippen LogP contribution in [0.5, 0.6) is 0 Å². The minimum atomic E-state index is -1.97. The van der Waals surface area contributed by atoms with E-state index in [1.165, 1.54) is 0 Å². The maximum atomic E-state index is 11.9. The van der Waals surface area contributed by atoms with Gasteiger partial charge in [0.15, 0.2) is 18.9 Å². The van der Waals surface area contributed by atoms with Gasteiger partial charge in [0.2, 0.25) is 5.78 Å². The second kappa shape index (κ2) is 34.9. The minimum Gasteiger partial charge on any atom is -0.368 e. The average molecular weight is 1140 g/mol. The Morgan fingerprint density at radius 3 is 1.48 bits per heavy atom. The van der Waals surface area contributed by atoms with Crippen molar-refractivity contribution in [3.63, 3.8) is 0 Å². The first-order valence-corrected chi connectivity index (χ1v) is 25.4. The van der Waals surface area contributed by atoms with Gasteiger partial charge in [-0.3, -0.25) is 14.4 Å². The number of carbonyl (C=O) groups is 2. The van der Waals surface area contributed by atoms with Gasteiger partial charge in [-0.05, 0) is 130 Å². The van der Waals surface area contributed by atoms with Crippen molar-refractivity contribution in [1.82, 2.24) is 37.5 Å². The van der Waals surface area contributed by atoms with Gasteiger partial charge >= 0.3 is 0 Å². The van der Waals surface area contributed by atoms with Crippen LogP contribution in [0.2, 0.25) is 0 Å². The Bertz CT molecular complexity index is 2700. The van der Waals surface area contributed by atoms with E-state index in [-0.39, 0.29) is 18.1 Å². The van der Waals surface area contributed by atoms with Gasteiger partial charge in [0, 0.05) is 114 Å². The summed E-state index contributed by atoms with van der Waals surface area (Å²) in [6.45, 7) is 16.6. The fourth-order valence-corrected chi connectivity index (χ4v) is 7.22. The number of H-pyrrole nitrogens is 2. The summed E-state index contributed by atoms with van der Waals surface area (Å²) in [7, 11) is 0. The molecule has 4 N–H and O–H groups in total. The number of Topliss-reactive ketones (excluding diaryl/α,β-unsaturated/α-hetero) is 1. The second-order valence-corrected chi connectivity index (χ2v) is 17.7. The van der Waals surface area contributed by atoms with Gasteiger partial charge in [-0.15, -0.1) is 0 Å². The zero-order chi connectivity index (χ0) is 53.4. The molecule has 8 aromatic rings. The fraction of sp³-hybridized carbons (Fsp3) is 0.373. The molecule has 0 fully saturated rings. The maximum absolute atomic E-state index is 11.9. The molecule has 8 heterocycles. The number of nitrogens with one attached hydrogen (secondary N) is 2. The molecule has 0 spiro atoms. The first-order valence-electron chi connectivity index (χ1n) is 23.5. The molecule has 8 aromatic heterocycles. The number of amides is 1. The summed E-state index contributed by atoms with van der Waals surface area (Å²) in [5, 5.41) is 0. The third-order valence-electron chi connectivity index (χ3n) is 9.60. The van der Waals surface area contributed by atoms with Crippen LogP contribution in [-0.4, -0.2) is 111 Å². The summed E-state index contributed by atoms with van der Waals surface area (Å²) in [4.78, 5) is 43.5. The van der Waals surface area contributed by atoms with E-state index in [1.807, 2.05) is 132 Å². The smallest absolute Gasteiger partial charge is 0.272 e. The van der Waals surface area contributed by atoms with E-state index in [2.05, 4.69) is 35.4 Å². The predicted molar refractivity (Wildman–Crippen MR) is 289 cm³/mol. The Labute approximate surface area is 449 Å². The summed E-state index contributed by atoms with van der Waals surface area (Å²) in [6, 6.07) is 22.2. The van der Waals surface area contributed by atoms with Crippen LogP contribution in [0.25, 0.3) is 11.0 Å². The lowest BCUT2D eigenvalue weighted by molar-refractivity contribution is -0.143. The average Bonchev–Trinajstić information content (AvgIpc) is 4.22. The van der Waals surface area contributed by atoms with Crippen LogP contribution in [0.4, 0.5) is 0 Å². The lowest BCUT2D eigenvalue weighted by Gasteiger charge is -2.19. The first kappa shape index (κ1) is 61.8. The van der Waals surface area contributed by atoms with Gasteiger partial charge in [0.25, 0.3) is 15.3 Å². The Balaban J connectivity index is 0.000000238. The maximum Gasteiger partial charge on any atom is 0.272 e. The molecule has 0 bridgehead atoms. The second-order valence-electron chi connectivity index (χ2n) is 14.7. The number of nitrogens with zero attached hydrogens (tertiary/aromatic N) is 6. The quantitative estimate of drug-likeness (QED) is 0.0375. The number of aromatic amines is 2. The molecule has 8 rings (SSSR count). The lowest BCUT2D eigenvalue weighted by atomic mass is 10.3. The van der Waals surface area contributed by atoms with E-state index in [0.717, 1.165) is 16.7 Å². The molecule has 0 atom stereocenters. The van der Waals surface area contributed by atoms with Crippen LogP contribution in [0.15, 0.2) is 157 Å². The number of alkyl halides is 3. The van der Waals surface area contributed by atoms with Crippen molar-refractivity contribution in [3.05, 3.63) is 174 Å². The highest BCUT2D eigenvalue weighted by molar-refractivity contribution is 9.10. The highest BCUT2D eigenvalue weighted by atomic mass is 79.9. The number of halogens is 4. The number of rotatable bonds is 20. The zero-order valence-electron chi connectivity index (χ0n) is 41.9. The number of ether oxygens (including phenoxy) is 6. The Morgan fingerprint density at radius 1 is 0.589 bits per heavy atom. The van der Waals surface area contributed by atoms with E-state index >= 15 is 0 Å². The third-order valence-corrected chi connectivity index (χ3v) is 10.7. The lowest BCUT2D eigenvalue weighted by Crippen LogP contribution is -2.28. The van der Waals surface area contributed by atoms with E-state index in [0.29, 0.717) is 69.6 Å². The van der Waals surface area contributed by atoms with E-state index in [4.69, 9.17) is 69.0 Å². The molecular formula is C51H67BrCl3N9O9. The highest BCUT2D eigenvalue weighted by Gasteiger charge is 2.33. The molecular weight excluding hydrogens is 1070 g/mol. The van der Waals surface area contributed by atoms with Gasteiger partial charge in [0.05, 0.1) is 30.8 Å². The molecule has 398 valence electrons. The van der Waals surface area contributed by atoms with Gasteiger partial charge in [-0.25, -0.2) is 4.98 Å². The van der Waals surface area contributed by atoms with Crippen molar-refractivity contribution >= 4 is 73.5 Å². The fourth-order valence-electron chi connectivity index (χ4n) is 6.48. The molecule has 0 saturated heterocycles. The standard InChI is InChI=1S/C12H16Cl3NO3.C11H18N2O3.C10H17NO2.C7H5BrN2.C7H6N2O.C4H5N/c1-3-18-10(19-4-2)8-16-7-5-6-9(16)11(17)12(13,14)15;1-3-15-10(16-4-2)8-13-7-5-6-9(13)11(12)14;1-3-12-10(13-4-2)9-11-7-5-6-8-11;8-7-6-2-1-4-10(6)5-3-9-7;10-7-6-2-1-4-9(6)5-3-8-7;1-2-4-5-3-1/h5-7,10H,3-4,8H2,1-2H3;5-7,10H,3-4,8H2,1-2H3,(H2,12,14);5-8,10H,3-4,9H2,1-2H3;1-5H;1-5H,(H,8,10);1-5H. The van der Waals surface area contributed by atoms with Crippen molar-refractivity contribution in [1.29, 1.82) is 0 Å². The van der Waals surface area contributed by atoms with Crippen LogP contribution < -0.4 is 11.3 Å². The molecule has 22 heteroatoms. The minimum absolute atomic E-state index is 0.0486. The highest BCUT2D eigenvalue weighted by Crippen LogP contribution is 2.30. The number of nitrogens with two attached hydrogens (primary N) is 1. The zero-order valence-corrected chi connectivity index (χ0v) is 45.8. The number of primary amides is 1. The van der Waals surface area contributed by atoms with Crippen molar-refractivity contribution in [3.8, 4) is 0 Å². The van der Waals surface area contributed by atoms with Crippen molar-refractivity contribution in [2.45, 2.75) is 83.8 Å². The first-order chi connectivity index (χ1) is 35.2. The number of fused-ring (bicyclic) bond motifs is 2. The molecule has 0 aliphatic rings. The Hall–Kier alpha value is -5.45. The van der Waals surface area contributed by atoms with Gasteiger partial charge in [0.1, 0.15) is 15.8 Å². The number of hydrogen-bond acceptors (Lipinski definition) is 10.